The van der Waals surface area contributed by atoms with Crippen LogP contribution >= 0.6 is 0 Å². The van der Waals surface area contributed by atoms with Gasteiger partial charge in [0.1, 0.15) is 0 Å². The lowest BCUT2D eigenvalue weighted by atomic mass is 9.81. The van der Waals surface area contributed by atoms with E-state index in [0.29, 0.717) is 17.6 Å². The van der Waals surface area contributed by atoms with Crippen LogP contribution < -0.4 is 0 Å². The van der Waals surface area contributed by atoms with Gasteiger partial charge in [0.15, 0.2) is 11.6 Å². The molecule has 8 aromatic carbocycles. The summed E-state index contributed by atoms with van der Waals surface area (Å²) in [4.78, 5) is 15.3. The van der Waals surface area contributed by atoms with Crippen molar-refractivity contribution < 1.29 is 0 Å². The molecule has 0 saturated carbocycles. The van der Waals surface area contributed by atoms with Crippen molar-refractivity contribution in [3.05, 3.63) is 181 Å². The quantitative estimate of drug-likeness (QED) is 0.185. The molecule has 0 bridgehead atoms. The third-order valence-corrected chi connectivity index (χ3v) is 11.4. The summed E-state index contributed by atoms with van der Waals surface area (Å²) in [6.07, 6.45) is 0. The Hall–Kier alpha value is -6.91. The number of benzene rings is 8. The van der Waals surface area contributed by atoms with E-state index >= 15 is 0 Å². The molecule has 0 saturated heterocycles. The smallest absolute Gasteiger partial charge is 0.238 e. The topological polar surface area (TPSA) is 43.6 Å². The highest BCUT2D eigenvalue weighted by Gasteiger charge is 2.36. The monoisotopic (exact) mass is 690 g/mol. The van der Waals surface area contributed by atoms with Gasteiger partial charge in [0.05, 0.1) is 11.0 Å². The second kappa shape index (κ2) is 11.5. The van der Waals surface area contributed by atoms with Gasteiger partial charge < -0.3 is 0 Å². The van der Waals surface area contributed by atoms with E-state index in [1.807, 2.05) is 36.4 Å². The van der Waals surface area contributed by atoms with Crippen LogP contribution in [-0.4, -0.2) is 19.5 Å². The normalized spacial score (nSPS) is 13.1. The molecule has 0 atom stereocenters. The Labute approximate surface area is 313 Å². The van der Waals surface area contributed by atoms with Crippen molar-refractivity contribution in [3.63, 3.8) is 0 Å². The first-order chi connectivity index (χ1) is 26.5. The molecule has 10 aromatic rings. The summed E-state index contributed by atoms with van der Waals surface area (Å²) in [7, 11) is 0. The molecule has 0 unspecified atom stereocenters. The molecule has 4 heteroatoms. The molecule has 0 spiro atoms. The lowest BCUT2D eigenvalue weighted by molar-refractivity contribution is 0.661. The van der Waals surface area contributed by atoms with E-state index in [1.54, 1.807) is 0 Å². The molecule has 254 valence electrons. The van der Waals surface area contributed by atoms with Gasteiger partial charge in [-0.1, -0.05) is 153 Å². The summed E-state index contributed by atoms with van der Waals surface area (Å²) in [6.45, 7) is 4.72. The van der Waals surface area contributed by atoms with Crippen LogP contribution in [0.1, 0.15) is 25.0 Å². The Bertz CT molecular complexity index is 3060. The highest BCUT2D eigenvalue weighted by molar-refractivity contribution is 6.14. The van der Waals surface area contributed by atoms with Crippen molar-refractivity contribution in [2.24, 2.45) is 0 Å². The van der Waals surface area contributed by atoms with E-state index in [2.05, 4.69) is 152 Å². The van der Waals surface area contributed by atoms with Crippen molar-refractivity contribution >= 4 is 43.4 Å². The Morgan fingerprint density at radius 3 is 1.72 bits per heavy atom. The minimum Gasteiger partial charge on any atom is -0.278 e. The molecule has 0 amide bonds. The van der Waals surface area contributed by atoms with Crippen molar-refractivity contribution in [2.75, 3.05) is 0 Å². The van der Waals surface area contributed by atoms with Crippen LogP contribution in [0.4, 0.5) is 0 Å². The summed E-state index contributed by atoms with van der Waals surface area (Å²) in [5, 5.41) is 7.29. The van der Waals surface area contributed by atoms with Gasteiger partial charge in [-0.25, -0.2) is 4.98 Å². The van der Waals surface area contributed by atoms with Crippen LogP contribution in [0.15, 0.2) is 170 Å². The molecule has 4 nitrogen and oxygen atoms in total. The maximum Gasteiger partial charge on any atom is 0.238 e. The molecule has 0 radical (unpaired) electrons. The molecule has 0 aliphatic heterocycles. The largest absolute Gasteiger partial charge is 0.278 e. The third-order valence-electron chi connectivity index (χ3n) is 11.4. The van der Waals surface area contributed by atoms with E-state index in [4.69, 9.17) is 15.0 Å². The van der Waals surface area contributed by atoms with Crippen LogP contribution in [0.5, 0.6) is 0 Å². The summed E-state index contributed by atoms with van der Waals surface area (Å²) in [5.41, 5.74) is 11.7. The zero-order chi connectivity index (χ0) is 36.0. The maximum absolute atomic E-state index is 5.17. The third kappa shape index (κ3) is 4.60. The lowest BCUT2D eigenvalue weighted by Gasteiger charge is -2.22. The van der Waals surface area contributed by atoms with Crippen molar-refractivity contribution in [1.29, 1.82) is 0 Å². The van der Waals surface area contributed by atoms with Crippen LogP contribution in [-0.2, 0) is 5.41 Å². The Morgan fingerprint density at radius 2 is 1.00 bits per heavy atom. The predicted octanol–water partition coefficient (Wildman–Crippen LogP) is 12.6. The van der Waals surface area contributed by atoms with E-state index in [-0.39, 0.29) is 5.41 Å². The molecule has 1 aliphatic carbocycles. The molecule has 0 fully saturated rings. The number of rotatable bonds is 4. The lowest BCUT2D eigenvalue weighted by Crippen LogP contribution is -2.15. The zero-order valence-electron chi connectivity index (χ0n) is 30.0. The first-order valence-electron chi connectivity index (χ1n) is 18.5. The van der Waals surface area contributed by atoms with Gasteiger partial charge >= 0.3 is 0 Å². The fourth-order valence-corrected chi connectivity index (χ4v) is 8.68. The van der Waals surface area contributed by atoms with Gasteiger partial charge in [0, 0.05) is 27.3 Å². The average Bonchev–Trinajstić information content (AvgIpc) is 3.67. The van der Waals surface area contributed by atoms with Gasteiger partial charge in [0.2, 0.25) is 5.95 Å². The first-order valence-corrected chi connectivity index (χ1v) is 18.5. The zero-order valence-corrected chi connectivity index (χ0v) is 30.0. The Kier molecular flexibility index (Phi) is 6.56. The molecule has 54 heavy (non-hydrogen) atoms. The standard InChI is InChI=1S/C50H34N4/c1-50(2)42-25-22-31-13-11-12-20-38(31)46(42)39-24-21-37(29-43(39)50)36-23-26-44-40(28-36)41-27-34-18-9-10-19-35(34)30-45(41)54(44)49-52-47(32-14-5-3-6-15-32)51-48(53-49)33-16-7-4-8-17-33/h3-30H,1-2H3. The molecule has 2 aromatic heterocycles. The number of aromatic nitrogens is 4. The van der Waals surface area contributed by atoms with Gasteiger partial charge in [0.25, 0.3) is 0 Å². The van der Waals surface area contributed by atoms with Gasteiger partial charge in [-0.05, 0) is 85.3 Å². The molecule has 11 rings (SSSR count). The fourth-order valence-electron chi connectivity index (χ4n) is 8.68. The molecular formula is C50H34N4. The van der Waals surface area contributed by atoms with Crippen molar-refractivity contribution in [3.8, 4) is 51.0 Å². The summed E-state index contributed by atoms with van der Waals surface area (Å²) >= 11 is 0. The first kappa shape index (κ1) is 30.7. The van der Waals surface area contributed by atoms with E-state index < -0.39 is 0 Å². The number of hydrogen-bond donors (Lipinski definition) is 0. The Balaban J connectivity index is 1.14. The SMILES string of the molecule is CC1(C)c2cc(-c3ccc4c(c3)c3cc5ccccc5cc3n4-c3nc(-c4ccccc4)nc(-c4ccccc4)n3)ccc2-c2c1ccc1ccccc21. The summed E-state index contributed by atoms with van der Waals surface area (Å²) < 4.78 is 2.22. The number of nitrogens with zero attached hydrogens (tertiary/aromatic N) is 4. The van der Waals surface area contributed by atoms with Crippen molar-refractivity contribution in [2.45, 2.75) is 19.3 Å². The minimum atomic E-state index is -0.116. The highest BCUT2D eigenvalue weighted by atomic mass is 15.2. The van der Waals surface area contributed by atoms with Gasteiger partial charge in [-0.2, -0.15) is 9.97 Å². The van der Waals surface area contributed by atoms with Crippen molar-refractivity contribution in [1.82, 2.24) is 19.5 Å². The summed E-state index contributed by atoms with van der Waals surface area (Å²) in [6, 6.07) is 60.8. The number of hydrogen-bond acceptors (Lipinski definition) is 3. The van der Waals surface area contributed by atoms with Gasteiger partial charge in [-0.15, -0.1) is 0 Å². The Morgan fingerprint density at radius 1 is 0.407 bits per heavy atom. The second-order valence-corrected chi connectivity index (χ2v) is 14.9. The molecule has 1 aliphatic rings. The predicted molar refractivity (Wildman–Crippen MR) is 223 cm³/mol. The van der Waals surface area contributed by atoms with Crippen LogP contribution in [0.25, 0.3) is 94.3 Å². The van der Waals surface area contributed by atoms with Gasteiger partial charge in [-0.3, -0.25) is 4.57 Å². The van der Waals surface area contributed by atoms with E-state index in [0.717, 1.165) is 32.9 Å². The van der Waals surface area contributed by atoms with E-state index in [9.17, 15) is 0 Å². The minimum absolute atomic E-state index is 0.116. The van der Waals surface area contributed by atoms with Crippen LogP contribution in [0.2, 0.25) is 0 Å². The highest BCUT2D eigenvalue weighted by Crippen LogP contribution is 2.52. The molecular weight excluding hydrogens is 657 g/mol. The van der Waals surface area contributed by atoms with E-state index in [1.165, 1.54) is 54.9 Å². The second-order valence-electron chi connectivity index (χ2n) is 14.9. The average molecular weight is 691 g/mol. The van der Waals surface area contributed by atoms with Crippen LogP contribution in [0.3, 0.4) is 0 Å². The maximum atomic E-state index is 5.17. The molecule has 2 heterocycles. The number of fused-ring (bicyclic) bond motifs is 9. The van der Waals surface area contributed by atoms with Crippen LogP contribution in [0, 0.1) is 0 Å². The molecule has 0 N–H and O–H groups in total. The summed E-state index contributed by atoms with van der Waals surface area (Å²) in [5.74, 6) is 1.87. The fraction of sp³-hybridized carbons (Fsp3) is 0.0600.